The Morgan fingerprint density at radius 3 is 1.91 bits per heavy atom. The van der Waals surface area contributed by atoms with E-state index < -0.39 is 29.6 Å². The topological polar surface area (TPSA) is 51.9 Å². The maximum Gasteiger partial charge on any atom is 0.435 e. The van der Waals surface area contributed by atoms with Crippen LogP contribution in [0, 0.1) is 0 Å². The second kappa shape index (κ2) is 8.15. The van der Waals surface area contributed by atoms with E-state index in [1.807, 2.05) is 29.1 Å². The predicted octanol–water partition coefficient (Wildman–Crippen LogP) is 5.95. The summed E-state index contributed by atoms with van der Waals surface area (Å²) in [5.41, 5.74) is -2.03. The first-order valence-electron chi connectivity index (χ1n) is 9.42. The Labute approximate surface area is 182 Å². The van der Waals surface area contributed by atoms with Crippen molar-refractivity contribution in [3.05, 3.63) is 96.1 Å². The monoisotopic (exact) mass is 464 g/mol. The number of anilines is 1. The molecule has 33 heavy (non-hydrogen) atoms. The van der Waals surface area contributed by atoms with Crippen molar-refractivity contribution in [1.29, 1.82) is 0 Å². The molecule has 0 saturated carbocycles. The van der Waals surface area contributed by atoms with Gasteiger partial charge in [0.1, 0.15) is 5.69 Å². The fraction of sp³-hybridized carbons (Fsp3) is 0.0909. The fourth-order valence-corrected chi connectivity index (χ4v) is 3.10. The molecule has 0 saturated heterocycles. The van der Waals surface area contributed by atoms with Crippen molar-refractivity contribution in [2.24, 2.45) is 0 Å². The molecule has 0 radical (unpaired) electrons. The minimum absolute atomic E-state index is 0.0485. The summed E-state index contributed by atoms with van der Waals surface area (Å²) in [6, 6.07) is 15.2. The molecule has 1 amide bonds. The Bertz CT molecular complexity index is 1250. The predicted molar refractivity (Wildman–Crippen MR) is 107 cm³/mol. The maximum atomic E-state index is 13.2. The van der Waals surface area contributed by atoms with Crippen LogP contribution in [0.2, 0.25) is 0 Å². The zero-order chi connectivity index (χ0) is 23.8. The summed E-state index contributed by atoms with van der Waals surface area (Å²) in [5.74, 6) is -0.462. The van der Waals surface area contributed by atoms with Gasteiger partial charge in [-0.25, -0.2) is 4.68 Å². The number of carbonyl (C=O) groups is 1. The summed E-state index contributed by atoms with van der Waals surface area (Å²) in [7, 11) is 0. The molecule has 0 bridgehead atoms. The number of alkyl halides is 6. The Balaban J connectivity index is 1.53. The summed E-state index contributed by atoms with van der Waals surface area (Å²) < 4.78 is 80.2. The highest BCUT2D eigenvalue weighted by molar-refractivity contribution is 6.04. The maximum absolute atomic E-state index is 13.2. The summed E-state index contributed by atoms with van der Waals surface area (Å²) in [5, 5.41) is 5.66. The molecule has 170 valence electrons. The number of halogens is 6. The summed E-state index contributed by atoms with van der Waals surface area (Å²) in [6.45, 7) is 0. The molecular weight excluding hydrogens is 450 g/mol. The van der Waals surface area contributed by atoms with Gasteiger partial charge in [-0.2, -0.15) is 31.4 Å². The van der Waals surface area contributed by atoms with Crippen molar-refractivity contribution < 1.29 is 31.1 Å². The number of hydrogen-bond donors (Lipinski definition) is 1. The molecule has 0 fully saturated rings. The molecule has 0 aliphatic carbocycles. The number of carbonyl (C=O) groups excluding carboxylic acids is 1. The molecule has 2 heterocycles. The number of benzene rings is 2. The quantitative estimate of drug-likeness (QED) is 0.380. The van der Waals surface area contributed by atoms with Crippen LogP contribution in [0.25, 0.3) is 11.4 Å². The van der Waals surface area contributed by atoms with E-state index in [2.05, 4.69) is 10.4 Å². The smallest absolute Gasteiger partial charge is 0.324 e. The first-order chi connectivity index (χ1) is 15.5. The van der Waals surface area contributed by atoms with Crippen LogP contribution in [0.1, 0.15) is 21.7 Å². The van der Waals surface area contributed by atoms with Crippen LogP contribution < -0.4 is 5.32 Å². The van der Waals surface area contributed by atoms with Crippen molar-refractivity contribution in [1.82, 2.24) is 14.3 Å². The SMILES string of the molecule is O=C(Nc1ccc(-n2nc(C(F)(F)F)cc2C(F)(F)F)cc1)c1ccc(-n2cccc2)cc1. The van der Waals surface area contributed by atoms with Gasteiger partial charge in [-0.15, -0.1) is 0 Å². The van der Waals surface area contributed by atoms with E-state index in [-0.39, 0.29) is 22.1 Å². The number of aromatic nitrogens is 3. The standard InChI is InChI=1S/C22H14F6N4O/c23-21(24,25)18-13-19(22(26,27)28)32(30-18)17-9-5-15(6-10-17)29-20(33)14-3-7-16(8-4-14)31-11-1-2-12-31/h1-13H,(H,29,33). The van der Waals surface area contributed by atoms with E-state index in [4.69, 9.17) is 0 Å². The van der Waals surface area contributed by atoms with E-state index in [0.717, 1.165) is 17.8 Å². The molecule has 0 atom stereocenters. The average molecular weight is 464 g/mol. The van der Waals surface area contributed by atoms with Crippen LogP contribution in [0.5, 0.6) is 0 Å². The lowest BCUT2D eigenvalue weighted by Gasteiger charge is -2.11. The van der Waals surface area contributed by atoms with Gasteiger partial charge in [-0.05, 0) is 60.7 Å². The molecule has 11 heteroatoms. The third-order valence-corrected chi connectivity index (χ3v) is 4.69. The highest BCUT2D eigenvalue weighted by Crippen LogP contribution is 2.36. The average Bonchev–Trinajstić information content (AvgIpc) is 3.44. The molecule has 2 aromatic heterocycles. The van der Waals surface area contributed by atoms with E-state index in [9.17, 15) is 31.1 Å². The number of rotatable bonds is 4. The molecule has 2 aromatic carbocycles. The molecule has 1 N–H and O–H groups in total. The van der Waals surface area contributed by atoms with Crippen molar-refractivity contribution in [2.45, 2.75) is 12.4 Å². The van der Waals surface area contributed by atoms with Crippen LogP contribution in [-0.2, 0) is 12.4 Å². The Morgan fingerprint density at radius 1 is 0.788 bits per heavy atom. The van der Waals surface area contributed by atoms with Crippen molar-refractivity contribution in [3.63, 3.8) is 0 Å². The van der Waals surface area contributed by atoms with Crippen LogP contribution >= 0.6 is 0 Å². The van der Waals surface area contributed by atoms with Crippen LogP contribution in [0.15, 0.2) is 79.1 Å². The third kappa shape index (κ3) is 4.76. The fourth-order valence-electron chi connectivity index (χ4n) is 3.10. The Kier molecular flexibility index (Phi) is 5.48. The number of amides is 1. The first-order valence-corrected chi connectivity index (χ1v) is 9.42. The number of hydrogen-bond acceptors (Lipinski definition) is 2. The van der Waals surface area contributed by atoms with Crippen molar-refractivity contribution >= 4 is 11.6 Å². The minimum Gasteiger partial charge on any atom is -0.324 e. The van der Waals surface area contributed by atoms with E-state index in [0.29, 0.717) is 5.56 Å². The normalized spacial score (nSPS) is 12.1. The zero-order valence-electron chi connectivity index (χ0n) is 16.5. The van der Waals surface area contributed by atoms with Gasteiger partial charge in [0.2, 0.25) is 0 Å². The molecule has 0 aliphatic rings. The molecule has 0 unspecified atom stereocenters. The third-order valence-electron chi connectivity index (χ3n) is 4.69. The van der Waals surface area contributed by atoms with Gasteiger partial charge in [0.15, 0.2) is 5.69 Å². The molecule has 4 rings (SSSR count). The largest absolute Gasteiger partial charge is 0.435 e. The first kappa shape index (κ1) is 22.2. The van der Waals surface area contributed by atoms with Gasteiger partial charge in [0, 0.05) is 35.4 Å². The van der Waals surface area contributed by atoms with Crippen LogP contribution in [0.4, 0.5) is 32.0 Å². The second-order valence-corrected chi connectivity index (χ2v) is 6.96. The molecular formula is C22H14F6N4O. The van der Waals surface area contributed by atoms with E-state index in [1.54, 1.807) is 24.3 Å². The van der Waals surface area contributed by atoms with Crippen LogP contribution in [-0.4, -0.2) is 20.3 Å². The lowest BCUT2D eigenvalue weighted by Crippen LogP contribution is -2.14. The van der Waals surface area contributed by atoms with Gasteiger partial charge >= 0.3 is 12.4 Å². The summed E-state index contributed by atoms with van der Waals surface area (Å²) in [6.07, 6.45) is -6.39. The van der Waals surface area contributed by atoms with Crippen molar-refractivity contribution in [2.75, 3.05) is 5.32 Å². The van der Waals surface area contributed by atoms with Gasteiger partial charge in [-0.3, -0.25) is 4.79 Å². The number of nitrogens with one attached hydrogen (secondary N) is 1. The highest BCUT2D eigenvalue weighted by atomic mass is 19.4. The van der Waals surface area contributed by atoms with Crippen molar-refractivity contribution in [3.8, 4) is 11.4 Å². The second-order valence-electron chi connectivity index (χ2n) is 6.96. The van der Waals surface area contributed by atoms with Gasteiger partial charge in [-0.1, -0.05) is 0 Å². The minimum atomic E-state index is -5.05. The van der Waals surface area contributed by atoms with Gasteiger partial charge in [0.25, 0.3) is 5.91 Å². The summed E-state index contributed by atoms with van der Waals surface area (Å²) >= 11 is 0. The molecule has 0 spiro atoms. The molecule has 5 nitrogen and oxygen atoms in total. The van der Waals surface area contributed by atoms with Crippen LogP contribution in [0.3, 0.4) is 0 Å². The van der Waals surface area contributed by atoms with Gasteiger partial charge in [0.05, 0.1) is 5.69 Å². The molecule has 0 aliphatic heterocycles. The zero-order valence-corrected chi connectivity index (χ0v) is 16.5. The number of nitrogens with zero attached hydrogens (tertiary/aromatic N) is 3. The van der Waals surface area contributed by atoms with E-state index >= 15 is 0 Å². The lowest BCUT2D eigenvalue weighted by atomic mass is 10.2. The van der Waals surface area contributed by atoms with Gasteiger partial charge < -0.3 is 9.88 Å². The highest BCUT2D eigenvalue weighted by Gasteiger charge is 2.42. The summed E-state index contributed by atoms with van der Waals surface area (Å²) in [4.78, 5) is 12.5. The lowest BCUT2D eigenvalue weighted by molar-refractivity contribution is -0.143. The van der Waals surface area contributed by atoms with E-state index in [1.165, 1.54) is 12.1 Å². The Morgan fingerprint density at radius 2 is 1.36 bits per heavy atom. The molecule has 4 aromatic rings. The Hall–Kier alpha value is -4.02.